The van der Waals surface area contributed by atoms with Gasteiger partial charge in [-0.3, -0.25) is 3.93 Å². The van der Waals surface area contributed by atoms with E-state index in [1.54, 1.807) is 0 Å². The smallest absolute Gasteiger partial charge is 0.222 e. The Labute approximate surface area is 177 Å². The van der Waals surface area contributed by atoms with Gasteiger partial charge in [-0.25, -0.2) is 9.97 Å². The molecule has 0 atom stereocenters. The van der Waals surface area contributed by atoms with Crippen molar-refractivity contribution in [3.63, 3.8) is 0 Å². The van der Waals surface area contributed by atoms with E-state index >= 15 is 0 Å². The number of aromatic nitrogens is 3. The highest BCUT2D eigenvalue weighted by Gasteiger charge is 2.15. The molecule has 0 spiro atoms. The molecule has 0 saturated carbocycles. The van der Waals surface area contributed by atoms with Crippen LogP contribution in [0.3, 0.4) is 0 Å². The molecular weight excluding hydrogens is 430 g/mol. The van der Waals surface area contributed by atoms with E-state index in [1.807, 2.05) is 70.8 Å². The largest absolute Gasteiger partial charge is 0.478 e. The van der Waals surface area contributed by atoms with Crippen LogP contribution >= 0.6 is 16.1 Å². The lowest BCUT2D eigenvalue weighted by Crippen LogP contribution is -2.07. The topological polar surface area (TPSA) is 77.2 Å². The van der Waals surface area contributed by atoms with Crippen LogP contribution in [0.5, 0.6) is 5.88 Å². The maximum absolute atomic E-state index is 5.95. The molecule has 0 aliphatic rings. The van der Waals surface area contributed by atoms with Crippen molar-refractivity contribution >= 4 is 44.5 Å². The number of rotatable bonds is 6. The Balaban J connectivity index is 1.76. The zero-order valence-electron chi connectivity index (χ0n) is 15.9. The lowest BCUT2D eigenvalue weighted by Gasteiger charge is -2.18. The van der Waals surface area contributed by atoms with Crippen molar-refractivity contribution in [2.75, 3.05) is 16.3 Å². The number of nitrogens with zero attached hydrogens (tertiary/aromatic N) is 4. The fourth-order valence-electron chi connectivity index (χ4n) is 2.98. The number of anilines is 3. The highest BCUT2D eigenvalue weighted by molar-refractivity contribution is 9.10. The van der Waals surface area contributed by atoms with E-state index in [9.17, 15) is 0 Å². The minimum Gasteiger partial charge on any atom is -0.478 e. The molecule has 29 heavy (non-hydrogen) atoms. The van der Waals surface area contributed by atoms with Crippen LogP contribution in [0.1, 0.15) is 13.3 Å². The summed E-state index contributed by atoms with van der Waals surface area (Å²) in [5.74, 6) is 1.53. The number of ether oxygens (including phenoxy) is 1. The van der Waals surface area contributed by atoms with Crippen molar-refractivity contribution in [2.45, 2.75) is 13.3 Å². The van der Waals surface area contributed by atoms with Gasteiger partial charge < -0.3 is 10.5 Å². The number of benzene rings is 2. The Morgan fingerprint density at radius 1 is 1.00 bits per heavy atom. The Hall–Kier alpha value is -3.19. The summed E-state index contributed by atoms with van der Waals surface area (Å²) in [5.41, 5.74) is 9.66. The third-order valence-corrected chi connectivity index (χ3v) is 5.13. The molecule has 0 amide bonds. The van der Waals surface area contributed by atoms with Crippen LogP contribution < -0.4 is 14.4 Å². The predicted octanol–water partition coefficient (Wildman–Crippen LogP) is 5.51. The highest BCUT2D eigenvalue weighted by atomic mass is 79.9. The van der Waals surface area contributed by atoms with Crippen molar-refractivity contribution in [3.8, 4) is 17.0 Å². The number of pyridine rings is 1. The fourth-order valence-corrected chi connectivity index (χ4v) is 3.49. The van der Waals surface area contributed by atoms with Crippen molar-refractivity contribution in [1.82, 2.24) is 15.0 Å². The molecule has 2 aromatic heterocycles. The van der Waals surface area contributed by atoms with Crippen molar-refractivity contribution in [1.29, 1.82) is 0 Å². The molecule has 0 aliphatic heterocycles. The third-order valence-electron chi connectivity index (χ3n) is 4.39. The minimum atomic E-state index is 0.222. The van der Waals surface area contributed by atoms with E-state index in [0.717, 1.165) is 34.1 Å². The summed E-state index contributed by atoms with van der Waals surface area (Å²) in [6, 6.07) is 19.8. The molecule has 2 aromatic carbocycles. The number of para-hydroxylation sites is 1. The lowest BCUT2D eigenvalue weighted by molar-refractivity contribution is 0.305. The van der Waals surface area contributed by atoms with Gasteiger partial charge in [0, 0.05) is 23.2 Å². The summed E-state index contributed by atoms with van der Waals surface area (Å²) < 4.78 is 7.40. The number of halogens is 1. The molecule has 0 radical (unpaired) electrons. The van der Waals surface area contributed by atoms with E-state index in [-0.39, 0.29) is 5.95 Å². The SMILES string of the molecule is CCCOc1ccc(-c2ccc3nc(N)nc(N(Br)c4ccccc4)c3c2)cn1. The second-order valence-electron chi connectivity index (χ2n) is 6.49. The number of hydrogen-bond donors (Lipinski definition) is 1. The summed E-state index contributed by atoms with van der Waals surface area (Å²) in [6.45, 7) is 2.73. The zero-order valence-corrected chi connectivity index (χ0v) is 17.5. The van der Waals surface area contributed by atoms with Crippen LogP contribution in [0.4, 0.5) is 17.5 Å². The first kappa shape index (κ1) is 19.1. The van der Waals surface area contributed by atoms with Gasteiger partial charge in [0.2, 0.25) is 11.8 Å². The molecule has 0 fully saturated rings. The second kappa shape index (κ2) is 8.45. The molecule has 0 unspecified atom stereocenters. The normalized spacial score (nSPS) is 10.8. The molecule has 4 aromatic rings. The molecule has 2 heterocycles. The van der Waals surface area contributed by atoms with Crippen LogP contribution in [-0.2, 0) is 0 Å². The fraction of sp³-hybridized carbons (Fsp3) is 0.136. The van der Waals surface area contributed by atoms with E-state index in [2.05, 4.69) is 38.0 Å². The van der Waals surface area contributed by atoms with Gasteiger partial charge in [-0.15, -0.1) is 0 Å². The number of hydrogen-bond acceptors (Lipinski definition) is 6. The third kappa shape index (κ3) is 4.14. The van der Waals surface area contributed by atoms with E-state index in [0.29, 0.717) is 18.3 Å². The van der Waals surface area contributed by atoms with Crippen molar-refractivity contribution < 1.29 is 4.74 Å². The molecule has 7 heteroatoms. The Morgan fingerprint density at radius 2 is 1.79 bits per heavy atom. The van der Waals surface area contributed by atoms with Crippen LogP contribution in [-0.4, -0.2) is 21.6 Å². The quantitative estimate of drug-likeness (QED) is 0.391. The van der Waals surface area contributed by atoms with Gasteiger partial charge in [-0.2, -0.15) is 4.98 Å². The van der Waals surface area contributed by atoms with Gasteiger partial charge in [-0.1, -0.05) is 31.2 Å². The first-order valence-corrected chi connectivity index (χ1v) is 10.0. The van der Waals surface area contributed by atoms with Gasteiger partial charge in [0.1, 0.15) is 0 Å². The van der Waals surface area contributed by atoms with Gasteiger partial charge in [0.05, 0.1) is 34.0 Å². The standard InChI is InChI=1S/C22H20BrN5O/c1-2-12-29-20-11-9-16(14-25-20)15-8-10-19-18(13-15)21(27-22(24)26-19)28(23)17-6-4-3-5-7-17/h3-11,13-14H,2,12H2,1H3,(H2,24,26,27). The van der Waals surface area contributed by atoms with E-state index < -0.39 is 0 Å². The number of fused-ring (bicyclic) bond motifs is 1. The van der Waals surface area contributed by atoms with Crippen molar-refractivity contribution in [2.24, 2.45) is 0 Å². The summed E-state index contributed by atoms with van der Waals surface area (Å²) in [6.07, 6.45) is 2.76. The van der Waals surface area contributed by atoms with Gasteiger partial charge in [0.25, 0.3) is 0 Å². The molecule has 0 saturated heterocycles. The molecule has 6 nitrogen and oxygen atoms in total. The van der Waals surface area contributed by atoms with Gasteiger partial charge in [0.15, 0.2) is 5.82 Å². The maximum Gasteiger partial charge on any atom is 0.222 e. The Bertz CT molecular complexity index is 1120. The molecule has 4 rings (SSSR count). The van der Waals surface area contributed by atoms with E-state index in [4.69, 9.17) is 10.5 Å². The molecule has 146 valence electrons. The number of nitrogen functional groups attached to an aromatic ring is 1. The van der Waals surface area contributed by atoms with E-state index in [1.165, 1.54) is 0 Å². The maximum atomic E-state index is 5.95. The monoisotopic (exact) mass is 449 g/mol. The number of nitrogens with two attached hydrogens (primary N) is 1. The minimum absolute atomic E-state index is 0.222. The first-order chi connectivity index (χ1) is 14.2. The molecule has 2 N–H and O–H groups in total. The Kier molecular flexibility index (Phi) is 5.57. The van der Waals surface area contributed by atoms with Crippen molar-refractivity contribution in [3.05, 3.63) is 66.9 Å². The molecular formula is C22H20BrN5O. The molecule has 0 aliphatic carbocycles. The van der Waals surface area contributed by atoms with Crippen LogP contribution in [0.25, 0.3) is 22.0 Å². The van der Waals surface area contributed by atoms with Gasteiger partial charge in [-0.05, 0) is 42.3 Å². The average molecular weight is 450 g/mol. The summed E-state index contributed by atoms with van der Waals surface area (Å²) in [7, 11) is 0. The highest BCUT2D eigenvalue weighted by Crippen LogP contribution is 2.35. The van der Waals surface area contributed by atoms with Crippen LogP contribution in [0.15, 0.2) is 66.9 Å². The summed E-state index contributed by atoms with van der Waals surface area (Å²) >= 11 is 3.62. The first-order valence-electron chi connectivity index (χ1n) is 9.33. The lowest BCUT2D eigenvalue weighted by atomic mass is 10.1. The Morgan fingerprint density at radius 3 is 2.52 bits per heavy atom. The van der Waals surface area contributed by atoms with Crippen LogP contribution in [0.2, 0.25) is 0 Å². The molecule has 0 bridgehead atoms. The summed E-state index contributed by atoms with van der Waals surface area (Å²) in [4.78, 5) is 13.2. The van der Waals surface area contributed by atoms with Crippen LogP contribution in [0, 0.1) is 0 Å². The second-order valence-corrected chi connectivity index (χ2v) is 7.20. The predicted molar refractivity (Wildman–Crippen MR) is 120 cm³/mol. The van der Waals surface area contributed by atoms with Gasteiger partial charge >= 0.3 is 0 Å². The zero-order chi connectivity index (χ0) is 20.2. The average Bonchev–Trinajstić information content (AvgIpc) is 2.77. The summed E-state index contributed by atoms with van der Waals surface area (Å²) in [5, 5.41) is 0.878.